The molecule has 1 unspecified atom stereocenters. The molecule has 1 aromatic rings. The van der Waals surface area contributed by atoms with Gasteiger partial charge in [-0.25, -0.2) is 0 Å². The Hall–Kier alpha value is -1.02. The molecule has 1 saturated carbocycles. The molecule has 1 fully saturated rings. The third-order valence-electron chi connectivity index (χ3n) is 4.00. The summed E-state index contributed by atoms with van der Waals surface area (Å²) in [7, 11) is 0. The van der Waals surface area contributed by atoms with Crippen LogP contribution in [0.15, 0.2) is 30.3 Å². The molecule has 0 aromatic heterocycles. The number of amides is 1. The maximum atomic E-state index is 12.1. The maximum absolute atomic E-state index is 12.1. The van der Waals surface area contributed by atoms with Gasteiger partial charge in [0.2, 0.25) is 5.91 Å². The number of hydrogen-bond acceptors (Lipinski definition) is 1. The highest BCUT2D eigenvalue weighted by molar-refractivity contribution is 6.21. The van der Waals surface area contributed by atoms with Crippen LogP contribution in [0.25, 0.3) is 0 Å². The van der Waals surface area contributed by atoms with Crippen molar-refractivity contribution in [1.82, 2.24) is 5.32 Å². The molecule has 0 heterocycles. The first-order valence-corrected chi connectivity index (χ1v) is 7.57. The average Bonchev–Trinajstić information content (AvgIpc) is 2.46. The number of alkyl halides is 1. The highest BCUT2D eigenvalue weighted by Gasteiger charge is 2.24. The number of hydrogen-bond donors (Lipinski definition) is 1. The number of carbonyl (C=O) groups is 1. The van der Waals surface area contributed by atoms with Crippen LogP contribution in [0.2, 0.25) is 0 Å². The summed E-state index contributed by atoms with van der Waals surface area (Å²) in [6, 6.07) is 9.89. The zero-order valence-electron chi connectivity index (χ0n) is 11.4. The van der Waals surface area contributed by atoms with Crippen LogP contribution in [0, 0.1) is 11.8 Å². The fourth-order valence-electron chi connectivity index (χ4n) is 2.64. The van der Waals surface area contributed by atoms with Crippen molar-refractivity contribution >= 4 is 17.5 Å². The molecule has 0 spiro atoms. The standard InChI is InChI=1S/C16H22ClNO/c1-12-7-9-14(10-8-12)16(19)18-11-15(17)13-5-3-2-4-6-13/h2-6,12,14-15H,7-11H2,1H3,(H,18,19). The van der Waals surface area contributed by atoms with E-state index in [0.717, 1.165) is 24.3 Å². The molecule has 0 saturated heterocycles. The van der Waals surface area contributed by atoms with E-state index in [1.165, 1.54) is 12.8 Å². The predicted molar refractivity (Wildman–Crippen MR) is 79.2 cm³/mol. The third kappa shape index (κ3) is 4.24. The van der Waals surface area contributed by atoms with Gasteiger partial charge >= 0.3 is 0 Å². The summed E-state index contributed by atoms with van der Waals surface area (Å²) < 4.78 is 0. The first-order chi connectivity index (χ1) is 9.16. The van der Waals surface area contributed by atoms with Crippen molar-refractivity contribution in [2.45, 2.75) is 38.0 Å². The van der Waals surface area contributed by atoms with E-state index in [1.807, 2.05) is 30.3 Å². The summed E-state index contributed by atoms with van der Waals surface area (Å²) in [6.45, 7) is 2.77. The van der Waals surface area contributed by atoms with Gasteiger partial charge in [0.25, 0.3) is 0 Å². The Bertz CT molecular complexity index is 398. The highest BCUT2D eigenvalue weighted by Crippen LogP contribution is 2.28. The summed E-state index contributed by atoms with van der Waals surface area (Å²) in [5.74, 6) is 1.14. The molecule has 19 heavy (non-hydrogen) atoms. The molecule has 0 aliphatic heterocycles. The van der Waals surface area contributed by atoms with E-state index >= 15 is 0 Å². The first kappa shape index (κ1) is 14.4. The lowest BCUT2D eigenvalue weighted by molar-refractivity contribution is -0.126. The summed E-state index contributed by atoms with van der Waals surface area (Å²) in [5.41, 5.74) is 1.06. The zero-order valence-corrected chi connectivity index (χ0v) is 12.2. The molecule has 0 radical (unpaired) electrons. The van der Waals surface area contributed by atoms with Crippen LogP contribution < -0.4 is 5.32 Å². The largest absolute Gasteiger partial charge is 0.354 e. The Morgan fingerprint density at radius 1 is 1.26 bits per heavy atom. The number of carbonyl (C=O) groups excluding carboxylic acids is 1. The lowest BCUT2D eigenvalue weighted by Gasteiger charge is -2.25. The van der Waals surface area contributed by atoms with Crippen molar-refractivity contribution in [3.8, 4) is 0 Å². The van der Waals surface area contributed by atoms with Crippen molar-refractivity contribution in [2.75, 3.05) is 6.54 Å². The minimum atomic E-state index is -0.146. The van der Waals surface area contributed by atoms with E-state index in [-0.39, 0.29) is 17.2 Å². The Balaban J connectivity index is 1.77. The molecule has 3 heteroatoms. The van der Waals surface area contributed by atoms with Gasteiger partial charge in [-0.05, 0) is 37.2 Å². The van der Waals surface area contributed by atoms with Crippen LogP contribution in [0.4, 0.5) is 0 Å². The highest BCUT2D eigenvalue weighted by atomic mass is 35.5. The summed E-state index contributed by atoms with van der Waals surface area (Å²) >= 11 is 6.30. The van der Waals surface area contributed by atoms with Crippen LogP contribution in [-0.4, -0.2) is 12.5 Å². The first-order valence-electron chi connectivity index (χ1n) is 7.13. The number of halogens is 1. The molecule has 1 aliphatic rings. The summed E-state index contributed by atoms with van der Waals surface area (Å²) in [4.78, 5) is 12.1. The van der Waals surface area contributed by atoms with Gasteiger partial charge in [0.1, 0.15) is 0 Å². The average molecular weight is 280 g/mol. The van der Waals surface area contributed by atoms with Gasteiger partial charge in [-0.15, -0.1) is 11.6 Å². The molecule has 2 nitrogen and oxygen atoms in total. The molecular formula is C16H22ClNO. The van der Waals surface area contributed by atoms with Gasteiger partial charge in [0, 0.05) is 12.5 Å². The lowest BCUT2D eigenvalue weighted by Crippen LogP contribution is -2.34. The van der Waals surface area contributed by atoms with Crippen LogP contribution in [0.1, 0.15) is 43.5 Å². The van der Waals surface area contributed by atoms with E-state index in [4.69, 9.17) is 11.6 Å². The maximum Gasteiger partial charge on any atom is 0.223 e. The van der Waals surface area contributed by atoms with E-state index in [9.17, 15) is 4.79 Å². The van der Waals surface area contributed by atoms with Gasteiger partial charge < -0.3 is 5.32 Å². The quantitative estimate of drug-likeness (QED) is 0.832. The fourth-order valence-corrected chi connectivity index (χ4v) is 2.86. The van der Waals surface area contributed by atoms with E-state index in [0.29, 0.717) is 6.54 Å². The second-order valence-electron chi connectivity index (χ2n) is 5.58. The van der Waals surface area contributed by atoms with Gasteiger partial charge in [0.15, 0.2) is 0 Å². The lowest BCUT2D eigenvalue weighted by atomic mass is 9.82. The molecule has 0 bridgehead atoms. The van der Waals surface area contributed by atoms with Gasteiger partial charge in [-0.2, -0.15) is 0 Å². The minimum absolute atomic E-state index is 0.146. The van der Waals surface area contributed by atoms with Gasteiger partial charge in [-0.1, -0.05) is 37.3 Å². The van der Waals surface area contributed by atoms with E-state index in [1.54, 1.807) is 0 Å². The molecule has 1 aliphatic carbocycles. The Labute approximate surface area is 120 Å². The van der Waals surface area contributed by atoms with E-state index < -0.39 is 0 Å². The van der Waals surface area contributed by atoms with Crippen LogP contribution >= 0.6 is 11.6 Å². The Morgan fingerprint density at radius 2 is 1.89 bits per heavy atom. The minimum Gasteiger partial charge on any atom is -0.354 e. The number of rotatable bonds is 4. The predicted octanol–water partition coefficient (Wildman–Crippen LogP) is 3.91. The van der Waals surface area contributed by atoms with Crippen LogP contribution in [0.3, 0.4) is 0 Å². The Kier molecular flexibility index (Phi) is 5.26. The van der Waals surface area contributed by atoms with Crippen molar-refractivity contribution < 1.29 is 4.79 Å². The summed E-state index contributed by atoms with van der Waals surface area (Å²) in [6.07, 6.45) is 4.37. The number of benzene rings is 1. The van der Waals surface area contributed by atoms with Crippen molar-refractivity contribution in [3.05, 3.63) is 35.9 Å². The van der Waals surface area contributed by atoms with Crippen LogP contribution in [-0.2, 0) is 4.79 Å². The fraction of sp³-hybridized carbons (Fsp3) is 0.562. The molecule has 1 atom stereocenters. The van der Waals surface area contributed by atoms with Crippen molar-refractivity contribution in [1.29, 1.82) is 0 Å². The summed E-state index contributed by atoms with van der Waals surface area (Å²) in [5, 5.41) is 2.85. The van der Waals surface area contributed by atoms with Crippen molar-refractivity contribution in [3.63, 3.8) is 0 Å². The molecular weight excluding hydrogens is 258 g/mol. The normalized spacial score (nSPS) is 24.7. The molecule has 2 rings (SSSR count). The molecule has 1 aromatic carbocycles. The Morgan fingerprint density at radius 3 is 2.53 bits per heavy atom. The van der Waals surface area contributed by atoms with Crippen molar-refractivity contribution in [2.24, 2.45) is 11.8 Å². The number of nitrogens with one attached hydrogen (secondary N) is 1. The third-order valence-corrected chi connectivity index (χ3v) is 4.41. The monoisotopic (exact) mass is 279 g/mol. The van der Waals surface area contributed by atoms with Gasteiger partial charge in [-0.3, -0.25) is 4.79 Å². The smallest absolute Gasteiger partial charge is 0.223 e. The topological polar surface area (TPSA) is 29.1 Å². The molecule has 1 N–H and O–H groups in total. The van der Waals surface area contributed by atoms with Crippen LogP contribution in [0.5, 0.6) is 0 Å². The van der Waals surface area contributed by atoms with E-state index in [2.05, 4.69) is 12.2 Å². The van der Waals surface area contributed by atoms with Gasteiger partial charge in [0.05, 0.1) is 5.38 Å². The zero-order chi connectivity index (χ0) is 13.7. The SMILES string of the molecule is CC1CCC(C(=O)NCC(Cl)c2ccccc2)CC1. The molecule has 1 amide bonds. The second kappa shape index (κ2) is 6.95. The second-order valence-corrected chi connectivity index (χ2v) is 6.11. The molecule has 104 valence electrons.